The van der Waals surface area contributed by atoms with Gasteiger partial charge in [0, 0.05) is 17.2 Å². The van der Waals surface area contributed by atoms with Gasteiger partial charge >= 0.3 is 0 Å². The molecule has 4 aromatic rings. The zero-order chi connectivity index (χ0) is 26.2. The Morgan fingerprint density at radius 1 is 0.919 bits per heavy atom. The molecule has 0 aliphatic heterocycles. The van der Waals surface area contributed by atoms with Gasteiger partial charge in [-0.05, 0) is 84.7 Å². The van der Waals surface area contributed by atoms with Gasteiger partial charge in [-0.3, -0.25) is 9.59 Å². The summed E-state index contributed by atoms with van der Waals surface area (Å²) in [5.74, 6) is -0.529. The SMILES string of the molecule is Cc1ccc(C[C@@H](N)CC2(c3nn[nH]n3)c3ccc(C(N)=O)cc3CCc3cc(C(N)=O)ccc32)cc1. The van der Waals surface area contributed by atoms with Gasteiger partial charge in [0.2, 0.25) is 11.8 Å². The normalized spacial score (nSPS) is 14.8. The summed E-state index contributed by atoms with van der Waals surface area (Å²) < 4.78 is 0. The summed E-state index contributed by atoms with van der Waals surface area (Å²) in [4.78, 5) is 24.0. The third-order valence-corrected chi connectivity index (χ3v) is 7.28. The van der Waals surface area contributed by atoms with E-state index in [1.165, 1.54) is 5.56 Å². The Hall–Kier alpha value is -4.37. The molecular weight excluding hydrogens is 466 g/mol. The number of aromatic nitrogens is 4. The number of rotatable bonds is 7. The van der Waals surface area contributed by atoms with Gasteiger partial charge in [0.15, 0.2) is 5.82 Å². The zero-order valence-corrected chi connectivity index (χ0v) is 20.6. The molecule has 3 aromatic carbocycles. The molecule has 188 valence electrons. The Labute approximate surface area is 214 Å². The van der Waals surface area contributed by atoms with Crippen molar-refractivity contribution in [1.29, 1.82) is 0 Å². The van der Waals surface area contributed by atoms with Crippen LogP contribution >= 0.6 is 0 Å². The molecule has 0 radical (unpaired) electrons. The number of primary amides is 2. The van der Waals surface area contributed by atoms with Gasteiger partial charge in [-0.15, -0.1) is 10.2 Å². The first kappa shape index (κ1) is 24.3. The average Bonchev–Trinajstić information content (AvgIpc) is 3.39. The molecule has 0 spiro atoms. The minimum atomic E-state index is -0.884. The van der Waals surface area contributed by atoms with Crippen molar-refractivity contribution in [1.82, 2.24) is 20.6 Å². The highest BCUT2D eigenvalue weighted by Crippen LogP contribution is 2.47. The first-order valence-corrected chi connectivity index (χ1v) is 12.2. The number of hydrogen-bond acceptors (Lipinski definition) is 6. The van der Waals surface area contributed by atoms with E-state index in [1.807, 2.05) is 24.3 Å². The van der Waals surface area contributed by atoms with Crippen LogP contribution in [0.4, 0.5) is 0 Å². The van der Waals surface area contributed by atoms with Crippen molar-refractivity contribution in [2.45, 2.75) is 44.1 Å². The van der Waals surface area contributed by atoms with Crippen LogP contribution in [0.1, 0.15) is 66.3 Å². The van der Waals surface area contributed by atoms with Crippen LogP contribution in [0.5, 0.6) is 0 Å². The lowest BCUT2D eigenvalue weighted by Gasteiger charge is -2.36. The summed E-state index contributed by atoms with van der Waals surface area (Å²) in [6.45, 7) is 2.05. The van der Waals surface area contributed by atoms with Gasteiger partial charge in [-0.2, -0.15) is 5.21 Å². The fraction of sp³-hybridized carbons (Fsp3) is 0.250. The summed E-state index contributed by atoms with van der Waals surface area (Å²) >= 11 is 0. The Morgan fingerprint density at radius 2 is 1.49 bits per heavy atom. The molecule has 0 unspecified atom stereocenters. The molecule has 9 heteroatoms. The fourth-order valence-corrected chi connectivity index (χ4v) is 5.54. The number of nitrogens with two attached hydrogens (primary N) is 3. The second-order valence-electron chi connectivity index (χ2n) is 9.77. The Bertz CT molecular complexity index is 1400. The van der Waals surface area contributed by atoms with Gasteiger partial charge in [0.05, 0.1) is 5.41 Å². The molecule has 7 N–H and O–H groups in total. The Kier molecular flexibility index (Phi) is 6.31. The summed E-state index contributed by atoms with van der Waals surface area (Å²) in [5.41, 5.74) is 24.1. The van der Waals surface area contributed by atoms with E-state index in [4.69, 9.17) is 17.2 Å². The first-order valence-electron chi connectivity index (χ1n) is 12.2. The number of carbonyl (C=O) groups is 2. The van der Waals surface area contributed by atoms with Gasteiger partial charge in [0.1, 0.15) is 0 Å². The first-order chi connectivity index (χ1) is 17.8. The number of benzene rings is 3. The lowest BCUT2D eigenvalue weighted by atomic mass is 9.67. The van der Waals surface area contributed by atoms with Crippen molar-refractivity contribution in [3.63, 3.8) is 0 Å². The maximum atomic E-state index is 12.0. The standard InChI is InChI=1S/C28H29N7O2/c1-16-2-4-17(5-3-16)12-22(29)15-28(27-32-34-35-33-27)23-10-8-20(25(30)36)13-18(23)6-7-19-14-21(26(31)37)9-11-24(19)28/h2-5,8-11,13-14,22H,6-7,12,15,29H2,1H3,(H2,30,36)(H2,31,37)(H,32,33,34,35)/t22-/m1/s1. The van der Waals surface area contributed by atoms with Crippen LogP contribution in [0.2, 0.25) is 0 Å². The van der Waals surface area contributed by atoms with E-state index in [2.05, 4.69) is 51.8 Å². The van der Waals surface area contributed by atoms with E-state index in [0.717, 1.165) is 27.8 Å². The quantitative estimate of drug-likeness (QED) is 0.306. The van der Waals surface area contributed by atoms with Crippen LogP contribution in [0.15, 0.2) is 60.7 Å². The van der Waals surface area contributed by atoms with Crippen LogP contribution in [0.3, 0.4) is 0 Å². The molecular formula is C28H29N7O2. The number of tetrazole rings is 1. The Morgan fingerprint density at radius 3 is 1.97 bits per heavy atom. The molecule has 2 amide bonds. The van der Waals surface area contributed by atoms with Crippen LogP contribution in [0.25, 0.3) is 0 Å². The van der Waals surface area contributed by atoms with E-state index >= 15 is 0 Å². The highest BCUT2D eigenvalue weighted by atomic mass is 16.1. The van der Waals surface area contributed by atoms with E-state index < -0.39 is 17.2 Å². The average molecular weight is 496 g/mol. The van der Waals surface area contributed by atoms with Crippen LogP contribution in [-0.4, -0.2) is 38.5 Å². The highest BCUT2D eigenvalue weighted by Gasteiger charge is 2.45. The molecule has 0 fully saturated rings. The third-order valence-electron chi connectivity index (χ3n) is 7.28. The summed E-state index contributed by atoms with van der Waals surface area (Å²) in [6.07, 6.45) is 2.35. The maximum Gasteiger partial charge on any atom is 0.248 e. The third kappa shape index (κ3) is 4.49. The molecule has 0 saturated carbocycles. The van der Waals surface area contributed by atoms with Crippen molar-refractivity contribution < 1.29 is 9.59 Å². The van der Waals surface area contributed by atoms with Crippen LogP contribution in [-0.2, 0) is 24.7 Å². The van der Waals surface area contributed by atoms with Crippen molar-refractivity contribution in [2.24, 2.45) is 17.2 Å². The minimum Gasteiger partial charge on any atom is -0.366 e. The number of H-pyrrole nitrogens is 1. The monoisotopic (exact) mass is 495 g/mol. The molecule has 1 heterocycles. The van der Waals surface area contributed by atoms with E-state index in [0.29, 0.717) is 42.6 Å². The molecule has 1 aliphatic carbocycles. The number of nitrogens with zero attached hydrogens (tertiary/aromatic N) is 3. The lowest BCUT2D eigenvalue weighted by Crippen LogP contribution is -2.40. The summed E-state index contributed by atoms with van der Waals surface area (Å²) in [5, 5.41) is 15.4. The van der Waals surface area contributed by atoms with E-state index in [-0.39, 0.29) is 6.04 Å². The van der Waals surface area contributed by atoms with Crippen LogP contribution in [0, 0.1) is 6.92 Å². The second kappa shape index (κ2) is 9.59. The molecule has 0 bridgehead atoms. The molecule has 37 heavy (non-hydrogen) atoms. The molecule has 0 saturated heterocycles. The lowest BCUT2D eigenvalue weighted by molar-refractivity contribution is 0.0991. The predicted octanol–water partition coefficient (Wildman–Crippen LogP) is 2.10. The number of amides is 2. The van der Waals surface area contributed by atoms with Gasteiger partial charge in [0.25, 0.3) is 0 Å². The number of hydrogen-bond donors (Lipinski definition) is 4. The summed E-state index contributed by atoms with van der Waals surface area (Å²) in [7, 11) is 0. The zero-order valence-electron chi connectivity index (χ0n) is 20.6. The number of aryl methyl sites for hydroxylation is 3. The molecule has 5 rings (SSSR count). The van der Waals surface area contributed by atoms with E-state index in [1.54, 1.807) is 12.1 Å². The maximum absolute atomic E-state index is 12.0. The smallest absolute Gasteiger partial charge is 0.248 e. The molecule has 1 aromatic heterocycles. The largest absolute Gasteiger partial charge is 0.366 e. The number of carbonyl (C=O) groups excluding carboxylic acids is 2. The molecule has 1 aliphatic rings. The van der Waals surface area contributed by atoms with Crippen LogP contribution < -0.4 is 17.2 Å². The Balaban J connectivity index is 1.72. The second-order valence-corrected chi connectivity index (χ2v) is 9.77. The fourth-order valence-electron chi connectivity index (χ4n) is 5.54. The topological polar surface area (TPSA) is 167 Å². The predicted molar refractivity (Wildman–Crippen MR) is 139 cm³/mol. The van der Waals surface area contributed by atoms with E-state index in [9.17, 15) is 9.59 Å². The minimum absolute atomic E-state index is 0.272. The number of fused-ring (bicyclic) bond motifs is 2. The van der Waals surface area contributed by atoms with Crippen molar-refractivity contribution in [3.05, 3.63) is 111 Å². The van der Waals surface area contributed by atoms with Gasteiger partial charge in [-0.25, -0.2) is 0 Å². The van der Waals surface area contributed by atoms with Crippen molar-refractivity contribution >= 4 is 11.8 Å². The van der Waals surface area contributed by atoms with Crippen molar-refractivity contribution in [3.8, 4) is 0 Å². The number of aromatic amines is 1. The van der Waals surface area contributed by atoms with Gasteiger partial charge < -0.3 is 17.2 Å². The number of nitrogens with one attached hydrogen (secondary N) is 1. The highest BCUT2D eigenvalue weighted by molar-refractivity contribution is 5.94. The summed E-state index contributed by atoms with van der Waals surface area (Å²) in [6, 6.07) is 19.0. The molecule has 9 nitrogen and oxygen atoms in total. The molecule has 1 atom stereocenters. The van der Waals surface area contributed by atoms with Crippen molar-refractivity contribution in [2.75, 3.05) is 0 Å². The van der Waals surface area contributed by atoms with Gasteiger partial charge in [-0.1, -0.05) is 47.2 Å².